The first kappa shape index (κ1) is 27.8. The number of carbonyl (C=O) groups is 4. The molecule has 30 heavy (non-hydrogen) atoms. The maximum absolute atomic E-state index is 10.0. The van der Waals surface area contributed by atoms with E-state index in [9.17, 15) is 9.90 Å². The number of aromatic nitrogens is 2. The lowest BCUT2D eigenvalue weighted by Gasteiger charge is -1.98. The number of nitrogens with one attached hydrogen (secondary N) is 1. The zero-order valence-electron chi connectivity index (χ0n) is 16.1. The van der Waals surface area contributed by atoms with Crippen LogP contribution in [0.15, 0.2) is 66.2 Å². The number of carbonyl (C=O) groups excluding carboxylic acids is 3. The van der Waals surface area contributed by atoms with Gasteiger partial charge >= 0.3 is 0 Å². The summed E-state index contributed by atoms with van der Waals surface area (Å²) in [5.41, 5.74) is 0.931. The van der Waals surface area contributed by atoms with E-state index in [0.717, 1.165) is 12.5 Å². The summed E-state index contributed by atoms with van der Waals surface area (Å²) in [6.07, 6.45) is 11.5. The van der Waals surface area contributed by atoms with E-state index >= 15 is 0 Å². The Labute approximate surface area is 172 Å². The molecule has 158 valence electrons. The van der Waals surface area contributed by atoms with Gasteiger partial charge in [-0.05, 0) is 12.1 Å². The molecule has 10 heteroatoms. The van der Waals surface area contributed by atoms with Crippen LogP contribution in [0.1, 0.15) is 6.92 Å². The van der Waals surface area contributed by atoms with E-state index in [2.05, 4.69) is 16.0 Å². The molecular formula is C20H22N3O7+. The van der Waals surface area contributed by atoms with Gasteiger partial charge in [0.1, 0.15) is 11.6 Å². The Bertz CT molecular complexity index is 876. The Hall–Kier alpha value is -4.40. The number of aromatic hydroxyl groups is 1. The first-order valence-corrected chi connectivity index (χ1v) is 7.88. The molecule has 0 spiro atoms. The third kappa shape index (κ3) is 12.1. The van der Waals surface area contributed by atoms with Crippen LogP contribution in [0.3, 0.4) is 0 Å². The minimum Gasteiger partial charge on any atom is -0.507 e. The van der Waals surface area contributed by atoms with Gasteiger partial charge in [-0.2, -0.15) is 0 Å². The van der Waals surface area contributed by atoms with E-state index in [4.69, 9.17) is 24.6 Å². The summed E-state index contributed by atoms with van der Waals surface area (Å²) < 4.78 is 0. The van der Waals surface area contributed by atoms with Gasteiger partial charge in [0.15, 0.2) is 12.6 Å². The highest BCUT2D eigenvalue weighted by atomic mass is 16.4. The molecule has 0 fully saturated rings. The van der Waals surface area contributed by atoms with E-state index in [0.29, 0.717) is 12.1 Å². The number of H-pyrrole nitrogens is 1. The number of carboxylic acid groups (broad SMARTS) is 1. The smallest absolute Gasteiger partial charge is 0.300 e. The largest absolute Gasteiger partial charge is 0.507 e. The molecule has 1 aliphatic rings. The second-order valence-electron chi connectivity index (χ2n) is 4.83. The lowest BCUT2D eigenvalue weighted by molar-refractivity contribution is -0.134. The number of aliphatic hydroxyl groups is 1. The average molecular weight is 416 g/mol. The van der Waals surface area contributed by atoms with Crippen molar-refractivity contribution in [3.05, 3.63) is 72.3 Å². The molecule has 10 nitrogen and oxygen atoms in total. The third-order valence-corrected chi connectivity index (χ3v) is 2.70. The molecule has 0 saturated carbocycles. The number of benzene rings is 1. The van der Waals surface area contributed by atoms with Crippen molar-refractivity contribution in [3.63, 3.8) is 0 Å². The molecule has 0 atom stereocenters. The summed E-state index contributed by atoms with van der Waals surface area (Å²) in [4.78, 5) is 43.6. The minimum absolute atomic E-state index is 0. The Balaban J connectivity index is 0. The van der Waals surface area contributed by atoms with Gasteiger partial charge in [0, 0.05) is 31.5 Å². The molecular weight excluding hydrogens is 394 g/mol. The van der Waals surface area contributed by atoms with Gasteiger partial charge in [0.05, 0.1) is 17.7 Å². The number of aliphatic carboxylic acids is 1. The van der Waals surface area contributed by atoms with Crippen LogP contribution in [0.5, 0.6) is 5.75 Å². The van der Waals surface area contributed by atoms with Crippen molar-refractivity contribution in [3.8, 4) is 17.1 Å². The molecule has 7 N–H and O–H groups in total. The van der Waals surface area contributed by atoms with Crippen LogP contribution >= 0.6 is 0 Å². The fraction of sp³-hybridized carbons (Fsp3) is 0.0500. The highest BCUT2D eigenvalue weighted by molar-refractivity contribution is 6.09. The fourth-order valence-electron chi connectivity index (χ4n) is 1.62. The Morgan fingerprint density at radius 2 is 1.73 bits per heavy atom. The second kappa shape index (κ2) is 16.8. The van der Waals surface area contributed by atoms with Gasteiger partial charge in [-0.3, -0.25) is 14.4 Å². The molecule has 1 aromatic carbocycles. The molecule has 1 heterocycles. The highest BCUT2D eigenvalue weighted by Crippen LogP contribution is 2.24. The van der Waals surface area contributed by atoms with E-state index in [1.165, 1.54) is 6.08 Å². The molecule has 0 saturated heterocycles. The molecule has 0 radical (unpaired) electrons. The van der Waals surface area contributed by atoms with Crippen LogP contribution < -0.4 is 6.15 Å². The third-order valence-electron chi connectivity index (χ3n) is 2.70. The lowest BCUT2D eigenvalue weighted by Crippen LogP contribution is -1.91. The van der Waals surface area contributed by atoms with E-state index in [-0.39, 0.29) is 35.8 Å². The number of phenolic OH excluding ortho intramolecular Hbond substituents is 1. The topological polar surface area (TPSA) is 193 Å². The summed E-state index contributed by atoms with van der Waals surface area (Å²) in [7, 11) is 0. The summed E-state index contributed by atoms with van der Waals surface area (Å²) in [5, 5.41) is 25.7. The van der Waals surface area contributed by atoms with Gasteiger partial charge in [0.2, 0.25) is 17.6 Å². The van der Waals surface area contributed by atoms with Crippen molar-refractivity contribution >= 4 is 24.8 Å². The number of allylic oxidation sites excluding steroid dienone is 5. The molecule has 0 amide bonds. The van der Waals surface area contributed by atoms with Crippen molar-refractivity contribution < 1.29 is 34.5 Å². The number of phenols is 1. The van der Waals surface area contributed by atoms with Crippen LogP contribution in [0.2, 0.25) is 0 Å². The number of hydrogen-bond acceptors (Lipinski definition) is 8. The van der Waals surface area contributed by atoms with Crippen LogP contribution in [0.4, 0.5) is 0 Å². The van der Waals surface area contributed by atoms with Crippen LogP contribution in [0, 0.1) is 6.08 Å². The Kier molecular flexibility index (Phi) is 15.5. The van der Waals surface area contributed by atoms with Gasteiger partial charge in [-0.15, -0.1) is 0 Å². The molecule has 3 rings (SSSR count). The quantitative estimate of drug-likeness (QED) is 0.283. The molecule has 1 aliphatic carbocycles. The standard InChI is InChI=1S/C9H8N2O.C7H4O2.C2H4O2.C2H2O2.H3N/c12-8-4-2-1-3-7(8)9-10-5-6-11-9;8-5-6-3-1-2-4-7(6)9;1-2(3)4;3-1-2-4;/h1-6,12H,(H,10,11);1-2,4-5H;1H3,(H,3,4);1-2H;1H3/p+1. The molecule has 2 aromatic rings. The zero-order valence-corrected chi connectivity index (χ0v) is 16.1. The molecule has 1 aromatic heterocycles. The number of aliphatic hydroxyl groups excluding tert-OH is 1. The number of para-hydroxylation sites is 1. The SMILES string of the molecule is CC(=O)O.N.O=CC1=[C+]C=CC=C1O.O=CC=O.Oc1ccccc1-c1ncc[nH]1. The lowest BCUT2D eigenvalue weighted by atomic mass is 10.1. The number of aldehydes is 3. The van der Waals surface area contributed by atoms with Gasteiger partial charge in [0.25, 0.3) is 5.97 Å². The Morgan fingerprint density at radius 1 is 1.13 bits per heavy atom. The maximum Gasteiger partial charge on any atom is 0.300 e. The predicted molar refractivity (Wildman–Crippen MR) is 109 cm³/mol. The van der Waals surface area contributed by atoms with Crippen LogP contribution in [-0.4, -0.2) is 50.1 Å². The summed E-state index contributed by atoms with van der Waals surface area (Å²) >= 11 is 0. The Morgan fingerprint density at radius 3 is 2.13 bits per heavy atom. The van der Waals surface area contributed by atoms with Crippen LogP contribution in [-0.2, 0) is 19.2 Å². The minimum atomic E-state index is -0.833. The zero-order chi connectivity index (χ0) is 22.1. The van der Waals surface area contributed by atoms with Crippen molar-refractivity contribution in [2.75, 3.05) is 0 Å². The van der Waals surface area contributed by atoms with Crippen molar-refractivity contribution in [1.29, 1.82) is 0 Å². The highest BCUT2D eigenvalue weighted by Gasteiger charge is 2.11. The number of rotatable bonds is 3. The average Bonchev–Trinajstić information content (AvgIpc) is 3.23. The molecule has 0 unspecified atom stereocenters. The number of aromatic amines is 1. The first-order chi connectivity index (χ1) is 13.9. The second-order valence-corrected chi connectivity index (χ2v) is 4.83. The number of hydrogen-bond donors (Lipinski definition) is 5. The van der Waals surface area contributed by atoms with Gasteiger partial charge in [-0.25, -0.2) is 9.78 Å². The molecule has 0 bridgehead atoms. The first-order valence-electron chi connectivity index (χ1n) is 7.88. The number of imidazole rings is 1. The normalized spacial score (nSPS) is 10.2. The number of nitrogens with zero attached hydrogens (tertiary/aromatic N) is 1. The summed E-state index contributed by atoms with van der Waals surface area (Å²) in [6.45, 7) is 1.08. The molecule has 0 aliphatic heterocycles. The fourth-order valence-corrected chi connectivity index (χ4v) is 1.62. The monoisotopic (exact) mass is 416 g/mol. The van der Waals surface area contributed by atoms with Crippen LogP contribution in [0.25, 0.3) is 11.4 Å². The van der Waals surface area contributed by atoms with Crippen molar-refractivity contribution in [2.24, 2.45) is 0 Å². The van der Waals surface area contributed by atoms with E-state index in [1.54, 1.807) is 36.7 Å². The predicted octanol–water partition coefficient (Wildman–Crippen LogP) is 2.35. The van der Waals surface area contributed by atoms with E-state index in [1.807, 2.05) is 12.1 Å². The van der Waals surface area contributed by atoms with Gasteiger partial charge < -0.3 is 26.5 Å². The maximum atomic E-state index is 10.0. The van der Waals surface area contributed by atoms with Crippen molar-refractivity contribution in [1.82, 2.24) is 16.1 Å². The van der Waals surface area contributed by atoms with E-state index < -0.39 is 5.97 Å². The van der Waals surface area contributed by atoms with Crippen molar-refractivity contribution in [2.45, 2.75) is 6.92 Å². The summed E-state index contributed by atoms with van der Waals surface area (Å²) in [6, 6.07) is 7.09. The van der Waals surface area contributed by atoms with Gasteiger partial charge in [-0.1, -0.05) is 12.1 Å². The summed E-state index contributed by atoms with van der Waals surface area (Å²) in [5.74, 6) is 0.0769. The number of carboxylic acids is 1.